The van der Waals surface area contributed by atoms with Gasteiger partial charge in [0, 0.05) is 18.2 Å². The van der Waals surface area contributed by atoms with Crippen LogP contribution in [0.2, 0.25) is 5.02 Å². The highest BCUT2D eigenvalue weighted by molar-refractivity contribution is 6.31. The molecule has 2 aromatic carbocycles. The van der Waals surface area contributed by atoms with Crippen molar-refractivity contribution in [2.24, 2.45) is 0 Å². The third-order valence-corrected chi connectivity index (χ3v) is 3.93. The van der Waals surface area contributed by atoms with E-state index in [-0.39, 0.29) is 5.82 Å². The molecular weight excluding hydrogens is 301 g/mol. The van der Waals surface area contributed by atoms with Crippen LogP contribution in [0.25, 0.3) is 0 Å². The van der Waals surface area contributed by atoms with Crippen LogP contribution in [0, 0.1) is 5.82 Å². The standard InChI is InChI=1S/C18H21ClFNO/c1-3-13(2)21-11-14-5-4-6-17(9-14)22-12-15-7-8-16(20)10-18(15)19/h4-10,13,21H,3,11-12H2,1-2H3. The predicted octanol–water partition coefficient (Wildman–Crippen LogP) is 4.95. The Morgan fingerprint density at radius 2 is 2.05 bits per heavy atom. The largest absolute Gasteiger partial charge is 0.489 e. The van der Waals surface area contributed by atoms with Crippen molar-refractivity contribution in [2.75, 3.05) is 0 Å². The number of ether oxygens (including phenoxy) is 1. The maximum Gasteiger partial charge on any atom is 0.124 e. The van der Waals surface area contributed by atoms with Gasteiger partial charge in [-0.2, -0.15) is 0 Å². The first-order valence-electron chi connectivity index (χ1n) is 7.47. The minimum Gasteiger partial charge on any atom is -0.489 e. The van der Waals surface area contributed by atoms with Gasteiger partial charge in [0.25, 0.3) is 0 Å². The lowest BCUT2D eigenvalue weighted by Crippen LogP contribution is -2.24. The lowest BCUT2D eigenvalue weighted by atomic mass is 10.2. The fourth-order valence-electron chi connectivity index (χ4n) is 1.98. The molecule has 2 nitrogen and oxygen atoms in total. The van der Waals surface area contributed by atoms with Gasteiger partial charge in [-0.1, -0.05) is 36.7 Å². The van der Waals surface area contributed by atoms with Gasteiger partial charge < -0.3 is 10.1 Å². The molecule has 1 unspecified atom stereocenters. The summed E-state index contributed by atoms with van der Waals surface area (Å²) in [5, 5.41) is 3.83. The highest BCUT2D eigenvalue weighted by atomic mass is 35.5. The van der Waals surface area contributed by atoms with Crippen LogP contribution >= 0.6 is 11.6 Å². The lowest BCUT2D eigenvalue weighted by molar-refractivity contribution is 0.305. The van der Waals surface area contributed by atoms with Gasteiger partial charge in [-0.25, -0.2) is 4.39 Å². The Morgan fingerprint density at radius 1 is 1.23 bits per heavy atom. The summed E-state index contributed by atoms with van der Waals surface area (Å²) < 4.78 is 18.8. The average molecular weight is 322 g/mol. The van der Waals surface area contributed by atoms with Crippen LogP contribution in [-0.4, -0.2) is 6.04 Å². The highest BCUT2D eigenvalue weighted by Gasteiger charge is 2.04. The van der Waals surface area contributed by atoms with Gasteiger partial charge in [-0.05, 0) is 43.2 Å². The van der Waals surface area contributed by atoms with Gasteiger partial charge in [-0.15, -0.1) is 0 Å². The Hall–Kier alpha value is -1.58. The molecule has 0 aliphatic heterocycles. The second-order valence-electron chi connectivity index (χ2n) is 5.36. The van der Waals surface area contributed by atoms with E-state index in [4.69, 9.17) is 16.3 Å². The van der Waals surface area contributed by atoms with Crippen LogP contribution in [0.3, 0.4) is 0 Å². The molecule has 2 aromatic rings. The smallest absolute Gasteiger partial charge is 0.124 e. The van der Waals surface area contributed by atoms with Crippen LogP contribution in [0.5, 0.6) is 5.75 Å². The molecule has 0 saturated heterocycles. The molecule has 0 amide bonds. The second-order valence-corrected chi connectivity index (χ2v) is 5.77. The summed E-state index contributed by atoms with van der Waals surface area (Å²) in [4.78, 5) is 0. The summed E-state index contributed by atoms with van der Waals surface area (Å²) in [7, 11) is 0. The Labute approximate surface area is 136 Å². The fourth-order valence-corrected chi connectivity index (χ4v) is 2.20. The average Bonchev–Trinajstić information content (AvgIpc) is 2.52. The molecule has 1 N–H and O–H groups in total. The Bertz CT molecular complexity index is 618. The minimum atomic E-state index is -0.341. The van der Waals surface area contributed by atoms with Gasteiger partial charge in [-0.3, -0.25) is 0 Å². The predicted molar refractivity (Wildman–Crippen MR) is 88.8 cm³/mol. The zero-order chi connectivity index (χ0) is 15.9. The molecule has 0 bridgehead atoms. The Kier molecular flexibility index (Phi) is 6.22. The van der Waals surface area contributed by atoms with Crippen LogP contribution in [-0.2, 0) is 13.2 Å². The van der Waals surface area contributed by atoms with Gasteiger partial charge >= 0.3 is 0 Å². The molecule has 4 heteroatoms. The summed E-state index contributed by atoms with van der Waals surface area (Å²) >= 11 is 6.00. The van der Waals surface area contributed by atoms with E-state index in [2.05, 4.69) is 25.2 Å². The topological polar surface area (TPSA) is 21.3 Å². The molecule has 0 saturated carbocycles. The van der Waals surface area contributed by atoms with Gasteiger partial charge in [0.2, 0.25) is 0 Å². The molecule has 0 spiro atoms. The van der Waals surface area contributed by atoms with Crippen molar-refractivity contribution < 1.29 is 9.13 Å². The van der Waals surface area contributed by atoms with Crippen molar-refractivity contribution in [3.63, 3.8) is 0 Å². The van der Waals surface area contributed by atoms with Crippen molar-refractivity contribution in [1.29, 1.82) is 0 Å². The number of halogens is 2. The maximum atomic E-state index is 13.0. The number of benzene rings is 2. The monoisotopic (exact) mass is 321 g/mol. The molecular formula is C18H21ClFNO. The molecule has 2 rings (SSSR count). The summed E-state index contributed by atoms with van der Waals surface area (Å²) in [5.74, 6) is 0.440. The third-order valence-electron chi connectivity index (χ3n) is 3.57. The Morgan fingerprint density at radius 3 is 2.77 bits per heavy atom. The Balaban J connectivity index is 1.95. The van der Waals surface area contributed by atoms with Crippen molar-refractivity contribution in [3.05, 3.63) is 64.4 Å². The zero-order valence-electron chi connectivity index (χ0n) is 12.9. The molecule has 0 heterocycles. The van der Waals surface area contributed by atoms with E-state index in [1.165, 1.54) is 17.7 Å². The molecule has 0 aliphatic rings. The maximum absolute atomic E-state index is 13.0. The summed E-state index contributed by atoms with van der Waals surface area (Å²) in [6.07, 6.45) is 1.10. The first-order valence-corrected chi connectivity index (χ1v) is 7.85. The van der Waals surface area contributed by atoms with E-state index in [9.17, 15) is 4.39 Å². The molecule has 0 aliphatic carbocycles. The normalized spacial score (nSPS) is 12.2. The molecule has 22 heavy (non-hydrogen) atoms. The first-order chi connectivity index (χ1) is 10.6. The van der Waals surface area contributed by atoms with Crippen molar-refractivity contribution in [1.82, 2.24) is 5.32 Å². The van der Waals surface area contributed by atoms with Gasteiger partial charge in [0.1, 0.15) is 18.2 Å². The quantitative estimate of drug-likeness (QED) is 0.779. The third kappa shape index (κ3) is 5.00. The van der Waals surface area contributed by atoms with E-state index in [1.807, 2.05) is 18.2 Å². The molecule has 0 radical (unpaired) electrons. The van der Waals surface area contributed by atoms with Crippen LogP contribution in [0.4, 0.5) is 4.39 Å². The van der Waals surface area contributed by atoms with Crippen LogP contribution in [0.15, 0.2) is 42.5 Å². The minimum absolute atomic E-state index is 0.321. The molecule has 0 aromatic heterocycles. The molecule has 1 atom stereocenters. The van der Waals surface area contributed by atoms with E-state index in [1.54, 1.807) is 6.07 Å². The SMILES string of the molecule is CCC(C)NCc1cccc(OCc2ccc(F)cc2Cl)c1. The van der Waals surface area contributed by atoms with Crippen molar-refractivity contribution in [2.45, 2.75) is 39.5 Å². The number of hydrogen-bond donors (Lipinski definition) is 1. The van der Waals surface area contributed by atoms with E-state index in [0.29, 0.717) is 17.7 Å². The first kappa shape index (κ1) is 16.8. The van der Waals surface area contributed by atoms with Gasteiger partial charge in [0.15, 0.2) is 0 Å². The molecule has 118 valence electrons. The summed E-state index contributed by atoms with van der Waals surface area (Å²) in [6.45, 7) is 5.45. The lowest BCUT2D eigenvalue weighted by Gasteiger charge is -2.12. The van der Waals surface area contributed by atoms with Gasteiger partial charge in [0.05, 0.1) is 5.02 Å². The van der Waals surface area contributed by atoms with E-state index >= 15 is 0 Å². The fraction of sp³-hybridized carbons (Fsp3) is 0.333. The van der Waals surface area contributed by atoms with Crippen LogP contribution in [0.1, 0.15) is 31.4 Å². The summed E-state index contributed by atoms with van der Waals surface area (Å²) in [6, 6.07) is 12.8. The molecule has 0 fully saturated rings. The number of hydrogen-bond acceptors (Lipinski definition) is 2. The number of nitrogens with one attached hydrogen (secondary N) is 1. The highest BCUT2D eigenvalue weighted by Crippen LogP contribution is 2.20. The van der Waals surface area contributed by atoms with E-state index < -0.39 is 0 Å². The zero-order valence-corrected chi connectivity index (χ0v) is 13.7. The van der Waals surface area contributed by atoms with Crippen LogP contribution < -0.4 is 10.1 Å². The van der Waals surface area contributed by atoms with Crippen molar-refractivity contribution in [3.8, 4) is 5.75 Å². The number of rotatable bonds is 7. The van der Waals surface area contributed by atoms with Crippen molar-refractivity contribution >= 4 is 11.6 Å². The second kappa shape index (κ2) is 8.16. The summed E-state index contributed by atoms with van der Waals surface area (Å²) in [5.41, 5.74) is 1.94. The van der Waals surface area contributed by atoms with E-state index in [0.717, 1.165) is 24.3 Å².